The highest BCUT2D eigenvalue weighted by atomic mass is 32.2. The lowest BCUT2D eigenvalue weighted by molar-refractivity contribution is -0.116. The average Bonchev–Trinajstić information content (AvgIpc) is 2.58. The number of carbonyl (C=O) groups excluding carboxylic acids is 2. The molecule has 0 saturated heterocycles. The van der Waals surface area contributed by atoms with Gasteiger partial charge in [-0.25, -0.2) is 4.79 Å². The minimum atomic E-state index is -1.69. The molecule has 0 unspecified atom stereocenters. The average molecular weight is 434 g/mol. The summed E-state index contributed by atoms with van der Waals surface area (Å²) in [5.41, 5.74) is 4.25. The Bertz CT molecular complexity index is 741. The van der Waals surface area contributed by atoms with Crippen LogP contribution in [0.5, 0.6) is 0 Å². The maximum absolute atomic E-state index is 12.9. The molecule has 0 aliphatic rings. The molecule has 1 amide bonds. The fourth-order valence-corrected chi connectivity index (χ4v) is 4.15. The van der Waals surface area contributed by atoms with Crippen LogP contribution >= 0.6 is 11.8 Å². The van der Waals surface area contributed by atoms with Gasteiger partial charge in [0.15, 0.2) is 11.2 Å². The molecule has 1 rings (SSSR count). The van der Waals surface area contributed by atoms with E-state index in [0.717, 1.165) is 5.56 Å². The van der Waals surface area contributed by atoms with E-state index in [9.17, 15) is 9.59 Å². The van der Waals surface area contributed by atoms with Crippen LogP contribution in [-0.2, 0) is 9.53 Å². The number of amides is 1. The van der Waals surface area contributed by atoms with Gasteiger partial charge in [0.2, 0.25) is 0 Å². The molecule has 0 fully saturated rings. The third-order valence-corrected chi connectivity index (χ3v) is 5.98. The first-order valence-corrected chi connectivity index (χ1v) is 14.4. The van der Waals surface area contributed by atoms with Gasteiger partial charge in [0, 0.05) is 4.75 Å². The van der Waals surface area contributed by atoms with E-state index in [2.05, 4.69) is 36.4 Å². The Hall–Kier alpha value is -1.71. The molecule has 1 aromatic rings. The minimum absolute atomic E-state index is 0.0128. The summed E-state index contributed by atoms with van der Waals surface area (Å²) >= 11 is 1.28. The highest BCUT2D eigenvalue weighted by Crippen LogP contribution is 2.30. The zero-order valence-electron chi connectivity index (χ0n) is 19.0. The number of hydrogen-bond donors (Lipinski definition) is 1. The topological polar surface area (TPSA) is 55.4 Å². The summed E-state index contributed by atoms with van der Waals surface area (Å²) in [4.78, 5) is 25.5. The van der Waals surface area contributed by atoms with E-state index in [4.69, 9.17) is 4.74 Å². The molecule has 1 N–H and O–H groups in total. The number of alkyl carbamates (subject to hydrolysis) is 1. The Kier molecular flexibility index (Phi) is 9.51. The van der Waals surface area contributed by atoms with Gasteiger partial charge >= 0.3 is 6.09 Å². The smallest absolute Gasteiger partial charge is 0.408 e. The fraction of sp³-hybridized carbons (Fsp3) is 0.565. The van der Waals surface area contributed by atoms with Crippen LogP contribution in [0.1, 0.15) is 52.6 Å². The van der Waals surface area contributed by atoms with Gasteiger partial charge in [0.05, 0.1) is 12.0 Å². The van der Waals surface area contributed by atoms with Crippen molar-refractivity contribution in [1.82, 2.24) is 5.32 Å². The Morgan fingerprint density at radius 3 is 2.24 bits per heavy atom. The number of nitrogens with one attached hydrogen (secondary N) is 1. The van der Waals surface area contributed by atoms with Gasteiger partial charge < -0.3 is 10.1 Å². The second-order valence-electron chi connectivity index (χ2n) is 9.17. The van der Waals surface area contributed by atoms with Crippen molar-refractivity contribution in [2.75, 3.05) is 0 Å². The second kappa shape index (κ2) is 10.9. The molecule has 0 heterocycles. The third-order valence-electron chi connectivity index (χ3n) is 3.97. The van der Waals surface area contributed by atoms with Crippen LogP contribution in [-0.4, -0.2) is 30.1 Å². The van der Waals surface area contributed by atoms with Gasteiger partial charge in [-0.3, -0.25) is 4.79 Å². The first kappa shape index (κ1) is 25.3. The quantitative estimate of drug-likeness (QED) is 0.454. The van der Waals surface area contributed by atoms with Crippen molar-refractivity contribution >= 4 is 31.0 Å². The van der Waals surface area contributed by atoms with Crippen LogP contribution in [0.25, 0.3) is 0 Å². The van der Waals surface area contributed by atoms with Gasteiger partial charge in [-0.05, 0) is 18.9 Å². The van der Waals surface area contributed by atoms with Gasteiger partial charge in [0.25, 0.3) is 0 Å². The van der Waals surface area contributed by atoms with E-state index >= 15 is 0 Å². The molecule has 0 aliphatic heterocycles. The molecule has 0 aliphatic carbocycles. The lowest BCUT2D eigenvalue weighted by Crippen LogP contribution is -2.37. The lowest BCUT2D eigenvalue weighted by atomic mass is 10.0. The van der Waals surface area contributed by atoms with Crippen LogP contribution in [0.3, 0.4) is 0 Å². The molecular weight excluding hydrogens is 398 g/mol. The van der Waals surface area contributed by atoms with E-state index in [1.54, 1.807) is 0 Å². The SMILES string of the molecule is CC[C@H](C(=O)SC(C)(C)C)[C@@H](C#C[Si](C)(C)C)OC(=O)N[C@@H](C)c1ccccc1. The number of hydrogen-bond acceptors (Lipinski definition) is 4. The third kappa shape index (κ3) is 10.0. The molecular formula is C23H35NO3SSi. The fourth-order valence-electron chi connectivity index (χ4n) is 2.53. The summed E-state index contributed by atoms with van der Waals surface area (Å²) < 4.78 is 5.49. The molecule has 29 heavy (non-hydrogen) atoms. The van der Waals surface area contributed by atoms with E-state index in [-0.39, 0.29) is 15.9 Å². The lowest BCUT2D eigenvalue weighted by Gasteiger charge is -2.25. The zero-order chi connectivity index (χ0) is 22.2. The maximum atomic E-state index is 12.9. The Balaban J connectivity index is 3.00. The second-order valence-corrected chi connectivity index (χ2v) is 15.8. The Morgan fingerprint density at radius 2 is 1.76 bits per heavy atom. The van der Waals surface area contributed by atoms with Crippen LogP contribution in [0, 0.1) is 17.4 Å². The monoisotopic (exact) mass is 433 g/mol. The van der Waals surface area contributed by atoms with Crippen molar-refractivity contribution in [3.63, 3.8) is 0 Å². The normalized spacial score (nSPS) is 14.8. The van der Waals surface area contributed by atoms with Crippen LogP contribution < -0.4 is 5.32 Å². The van der Waals surface area contributed by atoms with Crippen molar-refractivity contribution < 1.29 is 14.3 Å². The summed E-state index contributed by atoms with van der Waals surface area (Å²) in [7, 11) is -1.69. The first-order valence-electron chi connectivity index (χ1n) is 10.1. The molecule has 0 saturated carbocycles. The van der Waals surface area contributed by atoms with Gasteiger partial charge in [-0.15, -0.1) is 5.54 Å². The Morgan fingerprint density at radius 1 is 1.17 bits per heavy atom. The number of carbonyl (C=O) groups is 2. The largest absolute Gasteiger partial charge is 0.432 e. The highest BCUT2D eigenvalue weighted by molar-refractivity contribution is 8.14. The summed E-state index contributed by atoms with van der Waals surface area (Å²) in [5, 5.41) is 2.87. The summed E-state index contributed by atoms with van der Waals surface area (Å²) in [6, 6.07) is 9.49. The van der Waals surface area contributed by atoms with E-state index in [1.165, 1.54) is 11.8 Å². The molecule has 0 aromatic heterocycles. The predicted molar refractivity (Wildman–Crippen MR) is 126 cm³/mol. The van der Waals surface area contributed by atoms with E-state index in [1.807, 2.05) is 65.0 Å². The zero-order valence-corrected chi connectivity index (χ0v) is 20.8. The number of benzene rings is 1. The molecule has 1 aromatic carbocycles. The standard InChI is InChI=1S/C23H35NO3SSi/c1-9-19(21(25)28-23(3,4)5)20(15-16-29(6,7)8)27-22(26)24-17(2)18-13-11-10-12-14-18/h10-14,17,19-20H,9H2,1-8H3,(H,24,26)/t17-,19-,20+/m0/s1. The van der Waals surface area contributed by atoms with Crippen LogP contribution in [0.2, 0.25) is 19.6 Å². The van der Waals surface area contributed by atoms with Crippen molar-refractivity contribution in [2.24, 2.45) is 5.92 Å². The van der Waals surface area contributed by atoms with Crippen molar-refractivity contribution in [2.45, 2.75) is 77.6 Å². The van der Waals surface area contributed by atoms with Gasteiger partial charge in [0.1, 0.15) is 8.07 Å². The van der Waals surface area contributed by atoms with Crippen molar-refractivity contribution in [1.29, 1.82) is 0 Å². The number of rotatable bonds is 6. The first-order chi connectivity index (χ1) is 13.3. The maximum Gasteiger partial charge on any atom is 0.408 e. The summed E-state index contributed by atoms with van der Waals surface area (Å²) in [6.07, 6.45) is -0.741. The van der Waals surface area contributed by atoms with Gasteiger partial charge in [-0.1, -0.05) is 95.4 Å². The molecule has 3 atom stereocenters. The van der Waals surface area contributed by atoms with E-state index < -0.39 is 26.2 Å². The summed E-state index contributed by atoms with van der Waals surface area (Å²) in [6.45, 7) is 16.2. The van der Waals surface area contributed by atoms with E-state index in [0.29, 0.717) is 6.42 Å². The number of ether oxygens (including phenoxy) is 1. The minimum Gasteiger partial charge on any atom is -0.432 e. The highest BCUT2D eigenvalue weighted by Gasteiger charge is 2.32. The van der Waals surface area contributed by atoms with Crippen LogP contribution in [0.4, 0.5) is 4.79 Å². The predicted octanol–water partition coefficient (Wildman–Crippen LogP) is 5.81. The van der Waals surface area contributed by atoms with Gasteiger partial charge in [-0.2, -0.15) is 0 Å². The molecule has 0 spiro atoms. The summed E-state index contributed by atoms with van der Waals surface area (Å²) in [5.74, 6) is 2.66. The van der Waals surface area contributed by atoms with Crippen molar-refractivity contribution in [3.8, 4) is 11.5 Å². The van der Waals surface area contributed by atoms with Crippen LogP contribution in [0.15, 0.2) is 30.3 Å². The molecule has 0 radical (unpaired) electrons. The number of thioether (sulfide) groups is 1. The molecule has 4 nitrogen and oxygen atoms in total. The Labute approximate surface area is 181 Å². The molecule has 0 bridgehead atoms. The van der Waals surface area contributed by atoms with Crippen molar-refractivity contribution in [3.05, 3.63) is 35.9 Å². The molecule has 160 valence electrons. The molecule has 6 heteroatoms.